The van der Waals surface area contributed by atoms with Crippen LogP contribution in [0, 0.1) is 5.92 Å². The first-order valence-corrected chi connectivity index (χ1v) is 5.51. The topological polar surface area (TPSA) is 58.6 Å². The molecule has 0 aliphatic heterocycles. The highest BCUT2D eigenvalue weighted by Gasteiger charge is 2.26. The quantitative estimate of drug-likeness (QED) is 0.657. The highest BCUT2D eigenvalue weighted by atomic mass is 16.5. The number of amides is 1. The second kappa shape index (κ2) is 5.47. The molecule has 0 radical (unpaired) electrons. The van der Waals surface area contributed by atoms with Crippen LogP contribution in [0.2, 0.25) is 0 Å². The minimum Gasteiger partial charge on any atom is -0.388 e. The molecule has 1 amide bonds. The molecule has 1 fully saturated rings. The molecule has 1 aliphatic rings. The first-order valence-electron chi connectivity index (χ1n) is 5.51. The van der Waals surface area contributed by atoms with Crippen molar-refractivity contribution in [3.8, 4) is 0 Å². The number of hydrogen-bond donors (Lipinski definition) is 2. The molecule has 0 heterocycles. The Morgan fingerprint density at radius 2 is 2.27 bits per heavy atom. The summed E-state index contributed by atoms with van der Waals surface area (Å²) < 4.78 is 4.89. The van der Waals surface area contributed by atoms with E-state index in [2.05, 4.69) is 5.32 Å². The highest BCUT2D eigenvalue weighted by Crippen LogP contribution is 2.32. The number of ether oxygens (including phenoxy) is 1. The average molecular weight is 215 g/mol. The Hall–Kier alpha value is -0.610. The molecule has 0 saturated heterocycles. The maximum absolute atomic E-state index is 11.4. The smallest absolute Gasteiger partial charge is 0.220 e. The maximum atomic E-state index is 11.4. The Bertz CT molecular complexity index is 212. The molecule has 1 saturated carbocycles. The van der Waals surface area contributed by atoms with Crippen molar-refractivity contribution in [1.29, 1.82) is 0 Å². The van der Waals surface area contributed by atoms with E-state index in [4.69, 9.17) is 4.74 Å². The lowest BCUT2D eigenvalue weighted by Gasteiger charge is -2.23. The van der Waals surface area contributed by atoms with Gasteiger partial charge in [-0.15, -0.1) is 0 Å². The molecule has 0 aromatic heterocycles. The number of aliphatic hydroxyl groups is 1. The Labute approximate surface area is 91.0 Å². The van der Waals surface area contributed by atoms with Crippen molar-refractivity contribution in [2.24, 2.45) is 5.92 Å². The molecule has 2 N–H and O–H groups in total. The summed E-state index contributed by atoms with van der Waals surface area (Å²) in [6.07, 6.45) is 3.49. The monoisotopic (exact) mass is 215 g/mol. The zero-order valence-electron chi connectivity index (χ0n) is 9.58. The number of rotatable bonds is 7. The van der Waals surface area contributed by atoms with Crippen LogP contribution in [0.15, 0.2) is 0 Å². The van der Waals surface area contributed by atoms with Gasteiger partial charge < -0.3 is 15.2 Å². The molecule has 1 aliphatic carbocycles. The van der Waals surface area contributed by atoms with Crippen molar-refractivity contribution in [3.63, 3.8) is 0 Å². The molecular weight excluding hydrogens is 194 g/mol. The molecular formula is C11H21NO3. The van der Waals surface area contributed by atoms with Crippen LogP contribution >= 0.6 is 0 Å². The molecule has 15 heavy (non-hydrogen) atoms. The zero-order valence-corrected chi connectivity index (χ0v) is 9.58. The van der Waals surface area contributed by atoms with E-state index in [9.17, 15) is 9.90 Å². The van der Waals surface area contributed by atoms with Crippen molar-refractivity contribution in [2.45, 2.75) is 38.2 Å². The van der Waals surface area contributed by atoms with Crippen molar-refractivity contribution in [3.05, 3.63) is 0 Å². The number of hydrogen-bond acceptors (Lipinski definition) is 3. The van der Waals surface area contributed by atoms with Gasteiger partial charge in [-0.05, 0) is 25.7 Å². The van der Waals surface area contributed by atoms with Crippen molar-refractivity contribution in [2.75, 3.05) is 20.3 Å². The van der Waals surface area contributed by atoms with Crippen molar-refractivity contribution < 1.29 is 14.6 Å². The molecule has 4 heteroatoms. The minimum atomic E-state index is -0.866. The summed E-state index contributed by atoms with van der Waals surface area (Å²) in [6.45, 7) is 2.52. The predicted octanol–water partition coefficient (Wildman–Crippen LogP) is 0.690. The fourth-order valence-electron chi connectivity index (χ4n) is 1.36. The predicted molar refractivity (Wildman–Crippen MR) is 57.5 cm³/mol. The third-order valence-electron chi connectivity index (χ3n) is 2.68. The lowest BCUT2D eigenvalue weighted by Crippen LogP contribution is -2.41. The standard InChI is InChI=1S/C11H21NO3/c1-11(14,5-6-15-2)8-12-10(13)7-9-3-4-9/h9,14H,3-8H2,1-2H3,(H,12,13). The Kier molecular flexibility index (Phi) is 4.54. The molecule has 88 valence electrons. The number of methoxy groups -OCH3 is 1. The van der Waals surface area contributed by atoms with Crippen LogP contribution in [-0.4, -0.2) is 36.9 Å². The summed E-state index contributed by atoms with van der Waals surface area (Å²) in [5.74, 6) is 0.643. The second-order valence-corrected chi connectivity index (χ2v) is 4.66. The third-order valence-corrected chi connectivity index (χ3v) is 2.68. The molecule has 0 aromatic carbocycles. The van der Waals surface area contributed by atoms with E-state index >= 15 is 0 Å². The van der Waals surface area contributed by atoms with E-state index in [-0.39, 0.29) is 5.91 Å². The summed E-state index contributed by atoms with van der Waals surface area (Å²) in [5, 5.41) is 12.6. The van der Waals surface area contributed by atoms with E-state index in [1.807, 2.05) is 0 Å². The lowest BCUT2D eigenvalue weighted by molar-refractivity contribution is -0.122. The van der Waals surface area contributed by atoms with Crippen LogP contribution in [0.4, 0.5) is 0 Å². The average Bonchev–Trinajstić information content (AvgIpc) is 2.96. The van der Waals surface area contributed by atoms with E-state index in [0.29, 0.717) is 31.9 Å². The molecule has 1 unspecified atom stereocenters. The van der Waals surface area contributed by atoms with Gasteiger partial charge in [0.25, 0.3) is 0 Å². The Morgan fingerprint density at radius 1 is 1.60 bits per heavy atom. The fourth-order valence-corrected chi connectivity index (χ4v) is 1.36. The first kappa shape index (κ1) is 12.5. The normalized spacial score (nSPS) is 19.7. The molecule has 1 rings (SSSR count). The van der Waals surface area contributed by atoms with Crippen LogP contribution in [0.3, 0.4) is 0 Å². The molecule has 4 nitrogen and oxygen atoms in total. The molecule has 0 spiro atoms. The number of nitrogens with one attached hydrogen (secondary N) is 1. The van der Waals surface area contributed by atoms with Gasteiger partial charge in [-0.2, -0.15) is 0 Å². The maximum Gasteiger partial charge on any atom is 0.220 e. The van der Waals surface area contributed by atoms with E-state index in [1.165, 1.54) is 12.8 Å². The van der Waals surface area contributed by atoms with Crippen LogP contribution in [0.1, 0.15) is 32.6 Å². The van der Waals surface area contributed by atoms with Crippen LogP contribution < -0.4 is 5.32 Å². The summed E-state index contributed by atoms with van der Waals surface area (Å²) in [6, 6.07) is 0. The number of carbonyl (C=O) groups excluding carboxylic acids is 1. The van der Waals surface area contributed by atoms with E-state index < -0.39 is 5.60 Å². The number of carbonyl (C=O) groups is 1. The van der Waals surface area contributed by atoms with Gasteiger partial charge in [0.05, 0.1) is 5.60 Å². The largest absolute Gasteiger partial charge is 0.388 e. The van der Waals surface area contributed by atoms with E-state index in [1.54, 1.807) is 14.0 Å². The van der Waals surface area contributed by atoms with Gasteiger partial charge in [-0.25, -0.2) is 0 Å². The Morgan fingerprint density at radius 3 is 2.80 bits per heavy atom. The summed E-state index contributed by atoms with van der Waals surface area (Å²) in [5.41, 5.74) is -0.866. The first-order chi connectivity index (χ1) is 7.03. The molecule has 0 bridgehead atoms. The Balaban J connectivity index is 2.12. The highest BCUT2D eigenvalue weighted by molar-refractivity contribution is 5.76. The van der Waals surface area contributed by atoms with Crippen molar-refractivity contribution >= 4 is 5.91 Å². The van der Waals surface area contributed by atoms with Gasteiger partial charge in [-0.1, -0.05) is 0 Å². The van der Waals surface area contributed by atoms with Gasteiger partial charge >= 0.3 is 0 Å². The second-order valence-electron chi connectivity index (χ2n) is 4.66. The zero-order chi connectivity index (χ0) is 11.3. The summed E-state index contributed by atoms with van der Waals surface area (Å²) in [4.78, 5) is 11.4. The summed E-state index contributed by atoms with van der Waals surface area (Å²) in [7, 11) is 1.60. The fraction of sp³-hybridized carbons (Fsp3) is 0.909. The molecule has 0 aromatic rings. The van der Waals surface area contributed by atoms with Gasteiger partial charge in [0.15, 0.2) is 0 Å². The van der Waals surface area contributed by atoms with Gasteiger partial charge in [-0.3, -0.25) is 4.79 Å². The van der Waals surface area contributed by atoms with Gasteiger partial charge in [0.1, 0.15) is 0 Å². The van der Waals surface area contributed by atoms with E-state index in [0.717, 1.165) is 0 Å². The summed E-state index contributed by atoms with van der Waals surface area (Å²) >= 11 is 0. The SMILES string of the molecule is COCCC(C)(O)CNC(=O)CC1CC1. The van der Waals surface area contributed by atoms with Crippen LogP contribution in [0.5, 0.6) is 0 Å². The molecule has 1 atom stereocenters. The van der Waals surface area contributed by atoms with Crippen LogP contribution in [0.25, 0.3) is 0 Å². The van der Waals surface area contributed by atoms with Crippen LogP contribution in [-0.2, 0) is 9.53 Å². The van der Waals surface area contributed by atoms with Gasteiger partial charge in [0.2, 0.25) is 5.91 Å². The van der Waals surface area contributed by atoms with Gasteiger partial charge in [0, 0.05) is 33.1 Å². The third kappa shape index (κ3) is 5.74. The minimum absolute atomic E-state index is 0.0511. The lowest BCUT2D eigenvalue weighted by atomic mass is 10.0. The van der Waals surface area contributed by atoms with Crippen molar-refractivity contribution in [1.82, 2.24) is 5.32 Å².